The zero-order valence-corrected chi connectivity index (χ0v) is 11.0. The van der Waals surface area contributed by atoms with Gasteiger partial charge in [0.05, 0.1) is 0 Å². The molecule has 0 amide bonds. The predicted molar refractivity (Wildman–Crippen MR) is 69.6 cm³/mol. The molecular formula is C11H19N3O2S. The second-order valence-electron chi connectivity index (χ2n) is 3.85. The summed E-state index contributed by atoms with van der Waals surface area (Å²) >= 11 is 0. The van der Waals surface area contributed by atoms with Crippen LogP contribution in [0, 0.1) is 6.92 Å². The second-order valence-corrected chi connectivity index (χ2v) is 5.43. The average Bonchev–Trinajstić information content (AvgIpc) is 2.29. The van der Waals surface area contributed by atoms with Gasteiger partial charge in [-0.25, -0.2) is 4.72 Å². The van der Waals surface area contributed by atoms with Crippen molar-refractivity contribution in [2.75, 3.05) is 12.3 Å². The first-order valence-corrected chi connectivity index (χ1v) is 7.03. The maximum absolute atomic E-state index is 11.5. The van der Waals surface area contributed by atoms with Crippen LogP contribution in [0.25, 0.3) is 0 Å². The lowest BCUT2D eigenvalue weighted by Gasteiger charge is -2.10. The molecule has 1 rings (SSSR count). The molecule has 0 bridgehead atoms. The fraction of sp³-hybridized carbons (Fsp3) is 0.455. The van der Waals surface area contributed by atoms with Crippen LogP contribution in [0.4, 0.5) is 5.69 Å². The third kappa shape index (κ3) is 4.33. The summed E-state index contributed by atoms with van der Waals surface area (Å²) in [6.07, 6.45) is 0.762. The Bertz CT molecular complexity index is 472. The van der Waals surface area contributed by atoms with Gasteiger partial charge < -0.3 is 5.73 Å². The van der Waals surface area contributed by atoms with Gasteiger partial charge >= 0.3 is 0 Å². The molecule has 17 heavy (non-hydrogen) atoms. The van der Waals surface area contributed by atoms with E-state index in [9.17, 15) is 8.42 Å². The van der Waals surface area contributed by atoms with Crippen LogP contribution in [0.1, 0.15) is 24.5 Å². The van der Waals surface area contributed by atoms with Gasteiger partial charge in [-0.05, 0) is 30.5 Å². The Morgan fingerprint density at radius 1 is 1.29 bits per heavy atom. The maximum Gasteiger partial charge on any atom is 0.277 e. The van der Waals surface area contributed by atoms with E-state index < -0.39 is 10.2 Å². The van der Waals surface area contributed by atoms with Crippen LogP contribution in [-0.2, 0) is 16.8 Å². The van der Waals surface area contributed by atoms with E-state index in [1.54, 1.807) is 6.07 Å². The van der Waals surface area contributed by atoms with Crippen molar-refractivity contribution in [1.29, 1.82) is 0 Å². The molecule has 1 aromatic carbocycles. The van der Waals surface area contributed by atoms with Crippen LogP contribution in [-0.4, -0.2) is 15.0 Å². The van der Waals surface area contributed by atoms with Crippen molar-refractivity contribution >= 4 is 15.9 Å². The van der Waals surface area contributed by atoms with Gasteiger partial charge in [-0.2, -0.15) is 13.1 Å². The summed E-state index contributed by atoms with van der Waals surface area (Å²) in [6.45, 7) is 4.46. The molecule has 0 radical (unpaired) electrons. The van der Waals surface area contributed by atoms with Crippen molar-refractivity contribution in [2.45, 2.75) is 26.8 Å². The summed E-state index contributed by atoms with van der Waals surface area (Å²) in [7, 11) is -3.41. The van der Waals surface area contributed by atoms with Crippen LogP contribution >= 0.6 is 0 Å². The quantitative estimate of drug-likeness (QED) is 0.662. The highest BCUT2D eigenvalue weighted by atomic mass is 32.2. The molecule has 0 unspecified atom stereocenters. The van der Waals surface area contributed by atoms with E-state index in [2.05, 4.69) is 9.44 Å². The number of nitrogens with two attached hydrogens (primary N) is 1. The molecule has 0 atom stereocenters. The van der Waals surface area contributed by atoms with E-state index in [0.717, 1.165) is 17.5 Å². The van der Waals surface area contributed by atoms with Crippen LogP contribution in [0.5, 0.6) is 0 Å². The van der Waals surface area contributed by atoms with E-state index in [-0.39, 0.29) is 6.54 Å². The molecule has 0 fully saturated rings. The Morgan fingerprint density at radius 3 is 2.65 bits per heavy atom. The number of benzene rings is 1. The lowest BCUT2D eigenvalue weighted by Crippen LogP contribution is -2.36. The molecule has 0 heterocycles. The minimum atomic E-state index is -3.41. The second kappa shape index (κ2) is 6.00. The topological polar surface area (TPSA) is 84.2 Å². The van der Waals surface area contributed by atoms with Crippen molar-refractivity contribution < 1.29 is 8.42 Å². The number of anilines is 1. The molecule has 0 aliphatic rings. The molecule has 96 valence electrons. The van der Waals surface area contributed by atoms with E-state index in [1.165, 1.54) is 0 Å². The Morgan fingerprint density at radius 2 is 2.00 bits per heavy atom. The molecule has 4 N–H and O–H groups in total. The molecule has 0 spiro atoms. The van der Waals surface area contributed by atoms with Gasteiger partial charge in [0.2, 0.25) is 0 Å². The van der Waals surface area contributed by atoms with Crippen molar-refractivity contribution in [2.24, 2.45) is 0 Å². The van der Waals surface area contributed by atoms with Gasteiger partial charge in [0.15, 0.2) is 0 Å². The third-order valence-electron chi connectivity index (χ3n) is 2.48. The zero-order chi connectivity index (χ0) is 12.9. The smallest absolute Gasteiger partial charge is 0.277 e. The normalized spacial score (nSPS) is 11.6. The molecule has 0 saturated carbocycles. The fourth-order valence-electron chi connectivity index (χ4n) is 1.36. The number of nitrogen functional groups attached to an aromatic ring is 1. The molecule has 5 nitrogen and oxygen atoms in total. The third-order valence-corrected chi connectivity index (χ3v) is 3.59. The number of hydrogen-bond donors (Lipinski definition) is 3. The highest BCUT2D eigenvalue weighted by molar-refractivity contribution is 7.87. The Labute approximate surface area is 103 Å². The van der Waals surface area contributed by atoms with Crippen LogP contribution < -0.4 is 15.2 Å². The number of rotatable bonds is 6. The summed E-state index contributed by atoms with van der Waals surface area (Å²) in [5.41, 5.74) is 8.21. The van der Waals surface area contributed by atoms with Crippen LogP contribution in [0.3, 0.4) is 0 Å². The van der Waals surface area contributed by atoms with Crippen LogP contribution in [0.15, 0.2) is 18.2 Å². The molecule has 0 aliphatic heterocycles. The van der Waals surface area contributed by atoms with Gasteiger partial charge in [-0.3, -0.25) is 0 Å². The van der Waals surface area contributed by atoms with E-state index in [0.29, 0.717) is 12.2 Å². The average molecular weight is 257 g/mol. The van der Waals surface area contributed by atoms with E-state index in [4.69, 9.17) is 5.73 Å². The Balaban J connectivity index is 2.64. The summed E-state index contributed by atoms with van der Waals surface area (Å²) in [5.74, 6) is 0. The van der Waals surface area contributed by atoms with Crippen molar-refractivity contribution in [3.8, 4) is 0 Å². The predicted octanol–water partition coefficient (Wildman–Crippen LogP) is 0.911. The van der Waals surface area contributed by atoms with Crippen molar-refractivity contribution in [1.82, 2.24) is 9.44 Å². The van der Waals surface area contributed by atoms with Gasteiger partial charge in [-0.15, -0.1) is 0 Å². The lowest BCUT2D eigenvalue weighted by atomic mass is 10.1. The van der Waals surface area contributed by atoms with Crippen molar-refractivity contribution in [3.63, 3.8) is 0 Å². The van der Waals surface area contributed by atoms with Crippen LogP contribution in [0.2, 0.25) is 0 Å². The van der Waals surface area contributed by atoms with Gasteiger partial charge in [0.25, 0.3) is 10.2 Å². The molecule has 0 aliphatic carbocycles. The SMILES string of the molecule is CCCNS(=O)(=O)NCc1cccc(N)c1C. The van der Waals surface area contributed by atoms with Gasteiger partial charge in [0.1, 0.15) is 0 Å². The Kier molecular flexibility index (Phi) is 4.92. The highest BCUT2D eigenvalue weighted by Gasteiger charge is 2.09. The molecule has 0 saturated heterocycles. The maximum atomic E-state index is 11.5. The minimum absolute atomic E-state index is 0.246. The monoisotopic (exact) mass is 257 g/mol. The summed E-state index contributed by atoms with van der Waals surface area (Å²) in [6, 6.07) is 5.46. The van der Waals surface area contributed by atoms with Gasteiger partial charge in [-0.1, -0.05) is 19.1 Å². The van der Waals surface area contributed by atoms with Crippen molar-refractivity contribution in [3.05, 3.63) is 29.3 Å². The summed E-state index contributed by atoms with van der Waals surface area (Å²) < 4.78 is 27.9. The molecular weight excluding hydrogens is 238 g/mol. The lowest BCUT2D eigenvalue weighted by molar-refractivity contribution is 0.565. The number of hydrogen-bond acceptors (Lipinski definition) is 3. The molecule has 1 aromatic rings. The summed E-state index contributed by atoms with van der Waals surface area (Å²) in [5, 5.41) is 0. The zero-order valence-electron chi connectivity index (χ0n) is 10.2. The van der Waals surface area contributed by atoms with E-state index in [1.807, 2.05) is 26.0 Å². The standard InChI is InChI=1S/C11H19N3O2S/c1-3-7-13-17(15,16)14-8-10-5-4-6-11(12)9(10)2/h4-6,13-14H,3,7-8,12H2,1-2H3. The first-order chi connectivity index (χ1) is 7.96. The first-order valence-electron chi connectivity index (χ1n) is 5.54. The molecule has 6 heteroatoms. The van der Waals surface area contributed by atoms with Gasteiger partial charge in [0, 0.05) is 18.8 Å². The minimum Gasteiger partial charge on any atom is -0.399 e. The molecule has 0 aromatic heterocycles. The Hall–Kier alpha value is -1.11. The largest absolute Gasteiger partial charge is 0.399 e. The summed E-state index contributed by atoms with van der Waals surface area (Å²) in [4.78, 5) is 0. The fourth-order valence-corrected chi connectivity index (χ4v) is 2.28. The first kappa shape index (κ1) is 14.0. The van der Waals surface area contributed by atoms with E-state index >= 15 is 0 Å². The number of nitrogens with one attached hydrogen (secondary N) is 2. The highest BCUT2D eigenvalue weighted by Crippen LogP contribution is 2.15.